The minimum absolute atomic E-state index is 0.0295. The van der Waals surface area contributed by atoms with Gasteiger partial charge in [0, 0.05) is 63.9 Å². The summed E-state index contributed by atoms with van der Waals surface area (Å²) in [5.74, 6) is 0.489. The van der Waals surface area contributed by atoms with Gasteiger partial charge in [0.2, 0.25) is 5.91 Å². The zero-order valence-electron chi connectivity index (χ0n) is 18.9. The second kappa shape index (κ2) is 9.05. The Labute approximate surface area is 188 Å². The summed E-state index contributed by atoms with van der Waals surface area (Å²) in [5.41, 5.74) is 0.156. The van der Waals surface area contributed by atoms with Crippen molar-refractivity contribution in [3.8, 4) is 5.75 Å². The fourth-order valence-electron chi connectivity index (χ4n) is 5.72. The van der Waals surface area contributed by atoms with E-state index in [-0.39, 0.29) is 23.1 Å². The number of benzene rings is 1. The van der Waals surface area contributed by atoms with Crippen LogP contribution >= 0.6 is 0 Å². The van der Waals surface area contributed by atoms with Crippen molar-refractivity contribution in [1.29, 1.82) is 0 Å². The van der Waals surface area contributed by atoms with Crippen LogP contribution in [0.25, 0.3) is 0 Å². The number of carbonyl (C=O) groups is 2. The summed E-state index contributed by atoms with van der Waals surface area (Å²) in [6.45, 7) is 7.93. The maximum absolute atomic E-state index is 12.6. The van der Waals surface area contributed by atoms with Gasteiger partial charge >= 0.3 is 6.09 Å². The second-order valence-corrected chi connectivity index (χ2v) is 9.42. The summed E-state index contributed by atoms with van der Waals surface area (Å²) in [6, 6.07) is 6.51. The van der Waals surface area contributed by atoms with Crippen LogP contribution in [0.1, 0.15) is 46.0 Å². The number of non-ortho nitro benzene ring substituents is 1. The van der Waals surface area contributed by atoms with Crippen LogP contribution in [-0.4, -0.2) is 76.4 Å². The number of piperidine rings is 1. The normalized spacial score (nSPS) is 26.1. The molecule has 3 fully saturated rings. The highest BCUT2D eigenvalue weighted by molar-refractivity contribution is 5.73. The molecule has 9 heteroatoms. The third-order valence-electron chi connectivity index (χ3n) is 7.49. The SMILES string of the molecule is CCN(C(C)=O)C1CCN(C2CC3(CCN(C(=O)Oc4ccc([N+](=O)[O-])cc4)C3)C2)CC1. The molecule has 32 heavy (non-hydrogen) atoms. The van der Waals surface area contributed by atoms with Crippen molar-refractivity contribution in [2.45, 2.75) is 58.0 Å². The molecule has 174 valence electrons. The van der Waals surface area contributed by atoms with Crippen LogP contribution in [-0.2, 0) is 4.79 Å². The molecular formula is C23H32N4O5. The number of carbonyl (C=O) groups excluding carboxylic acids is 2. The van der Waals surface area contributed by atoms with Gasteiger partial charge in [0.05, 0.1) is 4.92 Å². The monoisotopic (exact) mass is 444 g/mol. The molecule has 0 N–H and O–H groups in total. The van der Waals surface area contributed by atoms with E-state index in [0.29, 0.717) is 30.9 Å². The molecule has 4 rings (SSSR count). The van der Waals surface area contributed by atoms with Crippen LogP contribution in [0.4, 0.5) is 10.5 Å². The van der Waals surface area contributed by atoms with Crippen LogP contribution < -0.4 is 4.74 Å². The molecule has 1 spiro atoms. The zero-order valence-corrected chi connectivity index (χ0v) is 18.9. The van der Waals surface area contributed by atoms with E-state index in [1.165, 1.54) is 24.3 Å². The number of hydrogen-bond donors (Lipinski definition) is 0. The van der Waals surface area contributed by atoms with E-state index in [1.54, 1.807) is 11.8 Å². The number of ether oxygens (including phenoxy) is 1. The smallest absolute Gasteiger partial charge is 0.410 e. The van der Waals surface area contributed by atoms with Crippen LogP contribution in [0.3, 0.4) is 0 Å². The van der Waals surface area contributed by atoms with Crippen molar-refractivity contribution in [2.24, 2.45) is 5.41 Å². The Balaban J connectivity index is 1.23. The molecule has 0 bridgehead atoms. The topological polar surface area (TPSA) is 96.2 Å². The Hall–Kier alpha value is -2.68. The first-order valence-electron chi connectivity index (χ1n) is 11.5. The van der Waals surface area contributed by atoms with Crippen LogP contribution in [0, 0.1) is 15.5 Å². The molecule has 2 amide bonds. The number of nitro benzene ring substituents is 1. The fraction of sp³-hybridized carbons (Fsp3) is 0.652. The van der Waals surface area contributed by atoms with Gasteiger partial charge in [-0.1, -0.05) is 0 Å². The zero-order chi connectivity index (χ0) is 22.9. The molecule has 9 nitrogen and oxygen atoms in total. The van der Waals surface area contributed by atoms with Gasteiger partial charge in [-0.25, -0.2) is 4.79 Å². The van der Waals surface area contributed by atoms with Crippen LogP contribution in [0.2, 0.25) is 0 Å². The van der Waals surface area contributed by atoms with Crippen molar-refractivity contribution >= 4 is 17.7 Å². The van der Waals surface area contributed by atoms with Gasteiger partial charge in [0.25, 0.3) is 5.69 Å². The lowest BCUT2D eigenvalue weighted by molar-refractivity contribution is -0.384. The van der Waals surface area contributed by atoms with E-state index in [9.17, 15) is 19.7 Å². The summed E-state index contributed by atoms with van der Waals surface area (Å²) in [5, 5.41) is 10.8. The average molecular weight is 445 g/mol. The van der Waals surface area contributed by atoms with Crippen LogP contribution in [0.5, 0.6) is 5.75 Å². The molecule has 2 saturated heterocycles. The van der Waals surface area contributed by atoms with E-state index in [4.69, 9.17) is 4.74 Å². The maximum Gasteiger partial charge on any atom is 0.415 e. The number of hydrogen-bond acceptors (Lipinski definition) is 6. The molecule has 1 aromatic rings. The maximum atomic E-state index is 12.6. The summed E-state index contributed by atoms with van der Waals surface area (Å²) >= 11 is 0. The minimum atomic E-state index is -0.478. The van der Waals surface area contributed by atoms with Gasteiger partial charge in [-0.15, -0.1) is 0 Å². The largest absolute Gasteiger partial charge is 0.415 e. The third-order valence-corrected chi connectivity index (χ3v) is 7.49. The molecule has 0 radical (unpaired) electrons. The Bertz CT molecular complexity index is 860. The highest BCUT2D eigenvalue weighted by atomic mass is 16.6. The third kappa shape index (κ3) is 4.57. The standard InChI is InChI=1S/C23H32N4O5/c1-3-26(17(2)28)18-8-11-24(12-9-18)20-14-23(15-20)10-13-25(16-23)22(29)32-21-6-4-19(5-7-21)27(30)31/h4-7,18,20H,3,8-16H2,1-2H3. The van der Waals surface area contributed by atoms with Gasteiger partial charge in [0.15, 0.2) is 0 Å². The molecule has 2 aliphatic heterocycles. The number of nitrogens with zero attached hydrogens (tertiary/aromatic N) is 4. The van der Waals surface area contributed by atoms with E-state index in [2.05, 4.69) is 4.90 Å². The molecule has 3 aliphatic rings. The molecule has 1 saturated carbocycles. The summed E-state index contributed by atoms with van der Waals surface area (Å²) < 4.78 is 5.42. The van der Waals surface area contributed by atoms with E-state index in [1.807, 2.05) is 11.8 Å². The lowest BCUT2D eigenvalue weighted by atomic mass is 9.64. The van der Waals surface area contributed by atoms with Crippen molar-refractivity contribution in [2.75, 3.05) is 32.7 Å². The lowest BCUT2D eigenvalue weighted by Gasteiger charge is -2.52. The molecule has 1 aromatic carbocycles. The molecule has 0 atom stereocenters. The first kappa shape index (κ1) is 22.5. The number of amides is 2. The van der Waals surface area contributed by atoms with E-state index >= 15 is 0 Å². The van der Waals surface area contributed by atoms with E-state index in [0.717, 1.165) is 51.7 Å². The van der Waals surface area contributed by atoms with E-state index < -0.39 is 4.92 Å². The number of nitro groups is 1. The predicted octanol–water partition coefficient (Wildman–Crippen LogP) is 3.28. The molecular weight excluding hydrogens is 412 g/mol. The average Bonchev–Trinajstić information content (AvgIpc) is 3.20. The fourth-order valence-corrected chi connectivity index (χ4v) is 5.72. The number of likely N-dealkylation sites (tertiary alicyclic amines) is 2. The van der Waals surface area contributed by atoms with Crippen molar-refractivity contribution in [3.05, 3.63) is 34.4 Å². The Morgan fingerprint density at radius 2 is 1.84 bits per heavy atom. The highest BCUT2D eigenvalue weighted by Crippen LogP contribution is 2.50. The van der Waals surface area contributed by atoms with Gasteiger partial charge in [-0.2, -0.15) is 0 Å². The van der Waals surface area contributed by atoms with Gasteiger partial charge in [0.1, 0.15) is 5.75 Å². The van der Waals surface area contributed by atoms with Crippen LogP contribution in [0.15, 0.2) is 24.3 Å². The Morgan fingerprint density at radius 3 is 2.41 bits per heavy atom. The van der Waals surface area contributed by atoms with Gasteiger partial charge in [-0.3, -0.25) is 14.9 Å². The Kier molecular flexibility index (Phi) is 6.37. The molecule has 1 aliphatic carbocycles. The minimum Gasteiger partial charge on any atom is -0.410 e. The van der Waals surface area contributed by atoms with Gasteiger partial charge in [-0.05, 0) is 56.6 Å². The quantitative estimate of drug-likeness (QED) is 0.511. The van der Waals surface area contributed by atoms with Gasteiger partial charge < -0.3 is 19.4 Å². The van der Waals surface area contributed by atoms with Crippen molar-refractivity contribution in [1.82, 2.24) is 14.7 Å². The first-order valence-corrected chi connectivity index (χ1v) is 11.5. The summed E-state index contributed by atoms with van der Waals surface area (Å²) in [6.07, 6.45) is 4.87. The summed E-state index contributed by atoms with van der Waals surface area (Å²) in [7, 11) is 0. The first-order chi connectivity index (χ1) is 15.3. The predicted molar refractivity (Wildman–Crippen MR) is 118 cm³/mol. The number of rotatable bonds is 5. The summed E-state index contributed by atoms with van der Waals surface area (Å²) in [4.78, 5) is 41.0. The molecule has 0 unspecified atom stereocenters. The second-order valence-electron chi connectivity index (χ2n) is 9.42. The highest BCUT2D eigenvalue weighted by Gasteiger charge is 2.51. The van der Waals surface area contributed by atoms with Crippen molar-refractivity contribution in [3.63, 3.8) is 0 Å². The van der Waals surface area contributed by atoms with Crippen molar-refractivity contribution < 1.29 is 19.2 Å². The Morgan fingerprint density at radius 1 is 1.19 bits per heavy atom. The lowest BCUT2D eigenvalue weighted by Crippen LogP contribution is -2.56. The molecule has 2 heterocycles. The molecule has 0 aromatic heterocycles.